The molecular formula is C23H28N2O3S. The number of rotatable bonds is 6. The standard InChI is InChI=1S/C23H28N2O3S/c1-5-28-19-9-7-6-8-18(19)25-21(27)15-29-22(25)16-10-12-17(13-11-16)24-20(26)14-23(2,3)4/h6-13,22H,5,14-15H2,1-4H3,(H,24,26)/t22-/m0/s1. The Bertz CT molecular complexity index is 874. The highest BCUT2D eigenvalue weighted by Crippen LogP contribution is 2.44. The van der Waals surface area contributed by atoms with Crippen molar-refractivity contribution in [3.05, 3.63) is 54.1 Å². The second-order valence-electron chi connectivity index (χ2n) is 8.24. The van der Waals surface area contributed by atoms with Crippen molar-refractivity contribution < 1.29 is 14.3 Å². The van der Waals surface area contributed by atoms with Crippen molar-refractivity contribution in [1.29, 1.82) is 0 Å². The summed E-state index contributed by atoms with van der Waals surface area (Å²) in [5.74, 6) is 1.20. The topological polar surface area (TPSA) is 58.6 Å². The molecule has 3 rings (SSSR count). The van der Waals surface area contributed by atoms with E-state index in [1.165, 1.54) is 0 Å². The van der Waals surface area contributed by atoms with Crippen LogP contribution >= 0.6 is 11.8 Å². The number of nitrogens with one attached hydrogen (secondary N) is 1. The van der Waals surface area contributed by atoms with E-state index in [4.69, 9.17) is 4.74 Å². The van der Waals surface area contributed by atoms with Gasteiger partial charge in [-0.1, -0.05) is 45.0 Å². The van der Waals surface area contributed by atoms with Gasteiger partial charge in [0.1, 0.15) is 11.1 Å². The lowest BCUT2D eigenvalue weighted by atomic mass is 9.92. The molecule has 6 heteroatoms. The zero-order chi connectivity index (χ0) is 21.0. The molecule has 0 aliphatic carbocycles. The van der Waals surface area contributed by atoms with Gasteiger partial charge >= 0.3 is 0 Å². The summed E-state index contributed by atoms with van der Waals surface area (Å²) in [7, 11) is 0. The summed E-state index contributed by atoms with van der Waals surface area (Å²) in [5.41, 5.74) is 2.51. The lowest BCUT2D eigenvalue weighted by Gasteiger charge is -2.26. The van der Waals surface area contributed by atoms with Crippen LogP contribution in [0.25, 0.3) is 0 Å². The van der Waals surface area contributed by atoms with Gasteiger partial charge in [0, 0.05) is 12.1 Å². The molecule has 2 aromatic rings. The molecule has 0 radical (unpaired) electrons. The maximum Gasteiger partial charge on any atom is 0.238 e. The van der Waals surface area contributed by atoms with E-state index in [1.54, 1.807) is 11.8 Å². The molecule has 1 aliphatic rings. The minimum absolute atomic E-state index is 0.00272. The minimum Gasteiger partial charge on any atom is -0.492 e. The first kappa shape index (κ1) is 21.2. The van der Waals surface area contributed by atoms with Gasteiger partial charge in [0.15, 0.2) is 0 Å². The highest BCUT2D eigenvalue weighted by Gasteiger charge is 2.35. The first-order valence-electron chi connectivity index (χ1n) is 9.84. The van der Waals surface area contributed by atoms with Crippen molar-refractivity contribution in [1.82, 2.24) is 0 Å². The Labute approximate surface area is 176 Å². The molecule has 1 aliphatic heterocycles. The van der Waals surface area contributed by atoms with Crippen molar-refractivity contribution in [2.45, 2.75) is 39.5 Å². The van der Waals surface area contributed by atoms with Gasteiger partial charge in [-0.15, -0.1) is 11.8 Å². The van der Waals surface area contributed by atoms with E-state index in [-0.39, 0.29) is 22.6 Å². The molecular weight excluding hydrogens is 384 g/mol. The number of nitrogens with zero attached hydrogens (tertiary/aromatic N) is 1. The largest absolute Gasteiger partial charge is 0.492 e. The Kier molecular flexibility index (Phi) is 6.52. The molecule has 1 heterocycles. The summed E-state index contributed by atoms with van der Waals surface area (Å²) in [4.78, 5) is 26.6. The Hall–Kier alpha value is -2.47. The molecule has 1 N–H and O–H groups in total. The number of amides is 2. The van der Waals surface area contributed by atoms with E-state index in [0.29, 0.717) is 24.5 Å². The maximum absolute atomic E-state index is 12.7. The van der Waals surface area contributed by atoms with Crippen LogP contribution in [0.15, 0.2) is 48.5 Å². The van der Waals surface area contributed by atoms with Crippen LogP contribution < -0.4 is 15.0 Å². The predicted molar refractivity (Wildman–Crippen MR) is 119 cm³/mol. The summed E-state index contributed by atoms with van der Waals surface area (Å²) in [6, 6.07) is 15.4. The molecule has 2 aromatic carbocycles. The predicted octanol–water partition coefficient (Wildman–Crippen LogP) is 5.24. The van der Waals surface area contributed by atoms with Gasteiger partial charge in [-0.2, -0.15) is 0 Å². The van der Waals surface area contributed by atoms with Crippen molar-refractivity contribution in [3.8, 4) is 5.75 Å². The van der Waals surface area contributed by atoms with Crippen LogP contribution in [0.2, 0.25) is 0 Å². The van der Waals surface area contributed by atoms with E-state index >= 15 is 0 Å². The van der Waals surface area contributed by atoms with Crippen LogP contribution in [-0.2, 0) is 9.59 Å². The monoisotopic (exact) mass is 412 g/mol. The van der Waals surface area contributed by atoms with Gasteiger partial charge in [-0.05, 0) is 42.2 Å². The summed E-state index contributed by atoms with van der Waals surface area (Å²) in [6.07, 6.45) is 0.462. The average molecular weight is 413 g/mol. The quantitative estimate of drug-likeness (QED) is 0.705. The zero-order valence-electron chi connectivity index (χ0n) is 17.4. The molecule has 1 fully saturated rings. The third kappa shape index (κ3) is 5.32. The second-order valence-corrected chi connectivity index (χ2v) is 9.30. The van der Waals surface area contributed by atoms with E-state index in [1.807, 2.05) is 81.1 Å². The van der Waals surface area contributed by atoms with Crippen LogP contribution in [0, 0.1) is 5.41 Å². The molecule has 1 atom stereocenters. The highest BCUT2D eigenvalue weighted by atomic mass is 32.2. The number of para-hydroxylation sites is 2. The fourth-order valence-corrected chi connectivity index (χ4v) is 4.45. The number of benzene rings is 2. The first-order chi connectivity index (χ1) is 13.8. The number of carbonyl (C=O) groups excluding carboxylic acids is 2. The molecule has 154 valence electrons. The van der Waals surface area contributed by atoms with Crippen LogP contribution in [0.5, 0.6) is 5.75 Å². The van der Waals surface area contributed by atoms with Crippen molar-refractivity contribution in [2.75, 3.05) is 22.6 Å². The van der Waals surface area contributed by atoms with E-state index in [9.17, 15) is 9.59 Å². The highest BCUT2D eigenvalue weighted by molar-refractivity contribution is 8.00. The van der Waals surface area contributed by atoms with Crippen molar-refractivity contribution in [3.63, 3.8) is 0 Å². The Balaban J connectivity index is 1.79. The number of carbonyl (C=O) groups is 2. The molecule has 29 heavy (non-hydrogen) atoms. The molecule has 0 aromatic heterocycles. The molecule has 5 nitrogen and oxygen atoms in total. The van der Waals surface area contributed by atoms with Gasteiger partial charge in [-0.3, -0.25) is 14.5 Å². The minimum atomic E-state index is -0.122. The summed E-state index contributed by atoms with van der Waals surface area (Å²) < 4.78 is 5.73. The van der Waals surface area contributed by atoms with Gasteiger partial charge in [0.25, 0.3) is 0 Å². The summed E-state index contributed by atoms with van der Waals surface area (Å²) >= 11 is 1.59. The van der Waals surface area contributed by atoms with Crippen LogP contribution in [0.1, 0.15) is 45.1 Å². The Morgan fingerprint density at radius 3 is 2.52 bits per heavy atom. The Morgan fingerprint density at radius 1 is 1.17 bits per heavy atom. The number of hydrogen-bond acceptors (Lipinski definition) is 4. The van der Waals surface area contributed by atoms with Crippen molar-refractivity contribution in [2.24, 2.45) is 5.41 Å². The third-order valence-corrected chi connectivity index (χ3v) is 5.68. The number of anilines is 2. The Morgan fingerprint density at radius 2 is 1.86 bits per heavy atom. The molecule has 0 saturated carbocycles. The fourth-order valence-electron chi connectivity index (χ4n) is 3.28. The second kappa shape index (κ2) is 8.91. The normalized spacial score (nSPS) is 16.8. The smallest absolute Gasteiger partial charge is 0.238 e. The first-order valence-corrected chi connectivity index (χ1v) is 10.9. The third-order valence-electron chi connectivity index (χ3n) is 4.46. The van der Waals surface area contributed by atoms with Crippen LogP contribution in [-0.4, -0.2) is 24.2 Å². The van der Waals surface area contributed by atoms with E-state index in [0.717, 1.165) is 16.9 Å². The van der Waals surface area contributed by atoms with Gasteiger partial charge in [0.05, 0.1) is 18.0 Å². The van der Waals surface area contributed by atoms with Crippen molar-refractivity contribution >= 4 is 35.0 Å². The molecule has 2 amide bonds. The van der Waals surface area contributed by atoms with Crippen LogP contribution in [0.3, 0.4) is 0 Å². The molecule has 0 bridgehead atoms. The van der Waals surface area contributed by atoms with Gasteiger partial charge in [-0.25, -0.2) is 0 Å². The molecule has 0 spiro atoms. The van der Waals surface area contributed by atoms with Gasteiger partial charge in [0.2, 0.25) is 11.8 Å². The number of ether oxygens (including phenoxy) is 1. The molecule has 1 saturated heterocycles. The lowest BCUT2D eigenvalue weighted by molar-refractivity contribution is -0.118. The zero-order valence-corrected chi connectivity index (χ0v) is 18.2. The number of thioether (sulfide) groups is 1. The van der Waals surface area contributed by atoms with E-state index < -0.39 is 0 Å². The molecule has 0 unspecified atom stereocenters. The maximum atomic E-state index is 12.7. The SMILES string of the molecule is CCOc1ccccc1N1C(=O)CS[C@H]1c1ccc(NC(=O)CC(C)(C)C)cc1. The fraction of sp³-hybridized carbons (Fsp3) is 0.391. The lowest BCUT2D eigenvalue weighted by Crippen LogP contribution is -2.28. The van der Waals surface area contributed by atoms with Crippen LogP contribution in [0.4, 0.5) is 11.4 Å². The average Bonchev–Trinajstić information content (AvgIpc) is 3.03. The number of hydrogen-bond donors (Lipinski definition) is 1. The summed E-state index contributed by atoms with van der Waals surface area (Å²) in [5, 5.41) is 2.83. The van der Waals surface area contributed by atoms with E-state index in [2.05, 4.69) is 5.32 Å². The summed E-state index contributed by atoms with van der Waals surface area (Å²) in [6.45, 7) is 8.59. The van der Waals surface area contributed by atoms with Gasteiger partial charge < -0.3 is 10.1 Å².